The molecule has 3 unspecified atom stereocenters. The lowest BCUT2D eigenvalue weighted by Gasteiger charge is -2.12. The number of nitrogens with two attached hydrogens (primary N) is 1. The number of hydrogen-bond donors (Lipinski definition) is 2. The summed E-state index contributed by atoms with van der Waals surface area (Å²) in [4.78, 5) is 0. The van der Waals surface area contributed by atoms with E-state index in [1.165, 1.54) is 25.7 Å². The molecule has 0 aliphatic heterocycles. The second kappa shape index (κ2) is 3.65. The van der Waals surface area contributed by atoms with Crippen molar-refractivity contribution in [3.63, 3.8) is 0 Å². The molecule has 3 rings (SSSR count). The molecular formula is C12H18N2O. The first-order valence-corrected chi connectivity index (χ1v) is 5.91. The van der Waals surface area contributed by atoms with Crippen LogP contribution in [-0.2, 0) is 0 Å². The Morgan fingerprint density at radius 1 is 1.33 bits per heavy atom. The van der Waals surface area contributed by atoms with Crippen molar-refractivity contribution in [3.05, 3.63) is 24.2 Å². The molecule has 2 aliphatic carbocycles. The molecule has 82 valence electrons. The van der Waals surface area contributed by atoms with Gasteiger partial charge in [0.1, 0.15) is 5.76 Å². The largest absolute Gasteiger partial charge is 0.468 e. The summed E-state index contributed by atoms with van der Waals surface area (Å²) < 4.78 is 5.45. The van der Waals surface area contributed by atoms with Gasteiger partial charge < -0.3 is 4.42 Å². The first-order chi connectivity index (χ1) is 7.42. The van der Waals surface area contributed by atoms with E-state index in [1.807, 2.05) is 12.1 Å². The average molecular weight is 206 g/mol. The van der Waals surface area contributed by atoms with Crippen molar-refractivity contribution in [3.8, 4) is 0 Å². The highest BCUT2D eigenvalue weighted by atomic mass is 16.3. The lowest BCUT2D eigenvalue weighted by molar-refractivity contribution is 0.368. The minimum absolute atomic E-state index is 0.230. The van der Waals surface area contributed by atoms with Crippen LogP contribution in [0.5, 0.6) is 0 Å². The van der Waals surface area contributed by atoms with E-state index in [0.717, 1.165) is 17.6 Å². The fourth-order valence-electron chi connectivity index (χ4n) is 3.39. The summed E-state index contributed by atoms with van der Waals surface area (Å²) in [6.45, 7) is 0. The minimum Gasteiger partial charge on any atom is -0.468 e. The van der Waals surface area contributed by atoms with Crippen molar-refractivity contribution >= 4 is 0 Å². The molecule has 15 heavy (non-hydrogen) atoms. The van der Waals surface area contributed by atoms with Crippen LogP contribution in [0.15, 0.2) is 22.8 Å². The number of hydrogen-bond acceptors (Lipinski definition) is 3. The molecule has 2 fully saturated rings. The van der Waals surface area contributed by atoms with Crippen LogP contribution in [0.1, 0.15) is 37.5 Å². The van der Waals surface area contributed by atoms with Gasteiger partial charge in [0.15, 0.2) is 0 Å². The quantitative estimate of drug-likeness (QED) is 0.589. The average Bonchev–Trinajstić information content (AvgIpc) is 2.74. The highest BCUT2D eigenvalue weighted by Gasteiger charge is 2.54. The molecule has 3 N–H and O–H groups in total. The summed E-state index contributed by atoms with van der Waals surface area (Å²) in [6.07, 6.45) is 7.29. The van der Waals surface area contributed by atoms with Crippen LogP contribution in [0.4, 0.5) is 0 Å². The van der Waals surface area contributed by atoms with Gasteiger partial charge in [-0.05, 0) is 42.7 Å². The topological polar surface area (TPSA) is 51.2 Å². The van der Waals surface area contributed by atoms with Crippen molar-refractivity contribution in [2.75, 3.05) is 0 Å². The molecule has 2 saturated carbocycles. The Balaban J connectivity index is 1.75. The molecule has 0 bridgehead atoms. The molecule has 0 radical (unpaired) electrons. The molecule has 0 aromatic carbocycles. The van der Waals surface area contributed by atoms with Gasteiger partial charge >= 0.3 is 0 Å². The molecular weight excluding hydrogens is 188 g/mol. The fourth-order valence-corrected chi connectivity index (χ4v) is 3.39. The Kier molecular flexibility index (Phi) is 2.29. The zero-order chi connectivity index (χ0) is 10.3. The third kappa shape index (κ3) is 1.50. The minimum atomic E-state index is 0.230. The van der Waals surface area contributed by atoms with Crippen LogP contribution in [0.25, 0.3) is 0 Å². The molecule has 2 aliphatic rings. The normalized spacial score (nSPS) is 35.9. The maximum Gasteiger partial charge on any atom is 0.122 e. The number of hydrazine groups is 1. The van der Waals surface area contributed by atoms with Crippen LogP contribution in [-0.4, -0.2) is 0 Å². The standard InChI is InChI=1S/C12H18N2O/c13-14-12(10-6-3-7-15-10)11-8-4-1-2-5-9(8)11/h3,6-9,11-12,14H,1-2,4-5,13H2. The van der Waals surface area contributed by atoms with Gasteiger partial charge in [0.05, 0.1) is 12.3 Å². The molecule has 1 aromatic rings. The van der Waals surface area contributed by atoms with E-state index < -0.39 is 0 Å². The summed E-state index contributed by atoms with van der Waals surface area (Å²) in [6, 6.07) is 4.19. The number of rotatable bonds is 3. The van der Waals surface area contributed by atoms with Gasteiger partial charge in [-0.15, -0.1) is 0 Å². The van der Waals surface area contributed by atoms with Gasteiger partial charge in [0.25, 0.3) is 0 Å². The molecule has 3 heteroatoms. The van der Waals surface area contributed by atoms with Gasteiger partial charge in [0, 0.05) is 0 Å². The molecule has 3 atom stereocenters. The zero-order valence-corrected chi connectivity index (χ0v) is 8.86. The lowest BCUT2D eigenvalue weighted by Crippen LogP contribution is -2.30. The van der Waals surface area contributed by atoms with Crippen LogP contribution >= 0.6 is 0 Å². The highest BCUT2D eigenvalue weighted by molar-refractivity contribution is 5.13. The molecule has 0 amide bonds. The summed E-state index contributed by atoms with van der Waals surface area (Å²) in [7, 11) is 0. The van der Waals surface area contributed by atoms with Crippen LogP contribution in [0, 0.1) is 17.8 Å². The van der Waals surface area contributed by atoms with E-state index >= 15 is 0 Å². The highest BCUT2D eigenvalue weighted by Crippen LogP contribution is 2.60. The Morgan fingerprint density at radius 3 is 2.60 bits per heavy atom. The van der Waals surface area contributed by atoms with Crippen molar-refractivity contribution in [1.82, 2.24) is 5.43 Å². The first kappa shape index (κ1) is 9.43. The second-order valence-corrected chi connectivity index (χ2v) is 4.85. The predicted molar refractivity (Wildman–Crippen MR) is 57.7 cm³/mol. The molecule has 0 spiro atoms. The van der Waals surface area contributed by atoms with Crippen molar-refractivity contribution in [2.24, 2.45) is 23.6 Å². The summed E-state index contributed by atoms with van der Waals surface area (Å²) in [5.41, 5.74) is 2.93. The van der Waals surface area contributed by atoms with Crippen LogP contribution < -0.4 is 11.3 Å². The number of furan rings is 1. The van der Waals surface area contributed by atoms with E-state index in [0.29, 0.717) is 5.92 Å². The summed E-state index contributed by atoms with van der Waals surface area (Å²) >= 11 is 0. The van der Waals surface area contributed by atoms with Crippen LogP contribution in [0.2, 0.25) is 0 Å². The predicted octanol–water partition coefficient (Wildman–Crippen LogP) is 2.22. The molecule has 3 nitrogen and oxygen atoms in total. The number of fused-ring (bicyclic) bond motifs is 1. The summed E-state index contributed by atoms with van der Waals surface area (Å²) in [5.74, 6) is 9.14. The lowest BCUT2D eigenvalue weighted by atomic mass is 10.0. The monoisotopic (exact) mass is 206 g/mol. The van der Waals surface area contributed by atoms with Gasteiger partial charge in [0.2, 0.25) is 0 Å². The van der Waals surface area contributed by atoms with Gasteiger partial charge in [-0.2, -0.15) is 0 Å². The smallest absolute Gasteiger partial charge is 0.122 e. The van der Waals surface area contributed by atoms with Gasteiger partial charge in [-0.3, -0.25) is 5.84 Å². The SMILES string of the molecule is NNC(c1ccco1)C1C2CCCCC21. The van der Waals surface area contributed by atoms with E-state index in [1.54, 1.807) is 6.26 Å². The molecule has 1 heterocycles. The van der Waals surface area contributed by atoms with E-state index in [4.69, 9.17) is 10.3 Å². The molecule has 0 saturated heterocycles. The van der Waals surface area contributed by atoms with E-state index in [9.17, 15) is 0 Å². The third-order valence-corrected chi connectivity index (χ3v) is 4.14. The van der Waals surface area contributed by atoms with Gasteiger partial charge in [-0.25, -0.2) is 5.43 Å². The zero-order valence-electron chi connectivity index (χ0n) is 8.86. The number of nitrogens with one attached hydrogen (secondary N) is 1. The molecule has 1 aromatic heterocycles. The first-order valence-electron chi connectivity index (χ1n) is 5.91. The second-order valence-electron chi connectivity index (χ2n) is 4.85. The van der Waals surface area contributed by atoms with Gasteiger partial charge in [-0.1, -0.05) is 12.8 Å². The van der Waals surface area contributed by atoms with E-state index in [-0.39, 0.29) is 6.04 Å². The third-order valence-electron chi connectivity index (χ3n) is 4.14. The summed E-state index contributed by atoms with van der Waals surface area (Å²) in [5, 5.41) is 0. The van der Waals surface area contributed by atoms with E-state index in [2.05, 4.69) is 5.43 Å². The Bertz CT molecular complexity index is 310. The van der Waals surface area contributed by atoms with Crippen LogP contribution in [0.3, 0.4) is 0 Å². The maximum absolute atomic E-state index is 5.65. The van der Waals surface area contributed by atoms with Crippen molar-refractivity contribution < 1.29 is 4.42 Å². The fraction of sp³-hybridized carbons (Fsp3) is 0.667. The Morgan fingerprint density at radius 2 is 2.07 bits per heavy atom. The van der Waals surface area contributed by atoms with Crippen molar-refractivity contribution in [2.45, 2.75) is 31.7 Å². The van der Waals surface area contributed by atoms with Crippen molar-refractivity contribution in [1.29, 1.82) is 0 Å². The maximum atomic E-state index is 5.65. The Labute approximate surface area is 90.0 Å². The Hall–Kier alpha value is -0.800.